The number of nitrogens with zero attached hydrogens (tertiary/aromatic N) is 2. The standard InChI is InChI=1S/C18H18N2O3/c1-13-5-7-14(8-6-13)16-10-9-15(12-19)18(23)20(16)11-3-2-4-17(21)22/h5-10H,2-4,11H2,1H3,(H,21,22). The van der Waals surface area contributed by atoms with Crippen LogP contribution in [0.1, 0.15) is 30.4 Å². The van der Waals surface area contributed by atoms with Gasteiger partial charge in [-0.25, -0.2) is 0 Å². The van der Waals surface area contributed by atoms with Gasteiger partial charge in [0.25, 0.3) is 5.56 Å². The van der Waals surface area contributed by atoms with Crippen molar-refractivity contribution < 1.29 is 9.90 Å². The Morgan fingerprint density at radius 2 is 1.87 bits per heavy atom. The molecule has 1 aromatic carbocycles. The topological polar surface area (TPSA) is 83.1 Å². The summed E-state index contributed by atoms with van der Waals surface area (Å²) in [7, 11) is 0. The van der Waals surface area contributed by atoms with Gasteiger partial charge >= 0.3 is 5.97 Å². The van der Waals surface area contributed by atoms with Crippen molar-refractivity contribution in [3.8, 4) is 17.3 Å². The van der Waals surface area contributed by atoms with E-state index >= 15 is 0 Å². The number of unbranched alkanes of at least 4 members (excludes halogenated alkanes) is 1. The van der Waals surface area contributed by atoms with Crippen molar-refractivity contribution >= 4 is 5.97 Å². The van der Waals surface area contributed by atoms with Crippen LogP contribution in [-0.4, -0.2) is 15.6 Å². The molecule has 5 nitrogen and oxygen atoms in total. The first-order chi connectivity index (χ1) is 11.0. The lowest BCUT2D eigenvalue weighted by Gasteiger charge is -2.13. The number of carbonyl (C=O) groups is 1. The third-order valence-electron chi connectivity index (χ3n) is 3.66. The van der Waals surface area contributed by atoms with Crippen molar-refractivity contribution in [2.24, 2.45) is 0 Å². The first kappa shape index (κ1) is 16.5. The number of aliphatic carboxylic acids is 1. The van der Waals surface area contributed by atoms with E-state index in [9.17, 15) is 9.59 Å². The fraction of sp³-hybridized carbons (Fsp3) is 0.278. The van der Waals surface area contributed by atoms with E-state index < -0.39 is 5.97 Å². The number of carboxylic acid groups (broad SMARTS) is 1. The van der Waals surface area contributed by atoms with Crippen LogP contribution in [-0.2, 0) is 11.3 Å². The summed E-state index contributed by atoms with van der Waals surface area (Å²) in [5.41, 5.74) is 2.53. The van der Waals surface area contributed by atoms with Crippen molar-refractivity contribution in [3.05, 3.63) is 57.9 Å². The second kappa shape index (κ2) is 7.41. The summed E-state index contributed by atoms with van der Waals surface area (Å²) in [6.07, 6.45) is 1.14. The minimum absolute atomic E-state index is 0.0759. The molecule has 5 heteroatoms. The Morgan fingerprint density at radius 3 is 2.48 bits per heavy atom. The highest BCUT2D eigenvalue weighted by atomic mass is 16.4. The Labute approximate surface area is 134 Å². The third-order valence-corrected chi connectivity index (χ3v) is 3.66. The number of benzene rings is 1. The number of hydrogen-bond donors (Lipinski definition) is 1. The molecular weight excluding hydrogens is 292 g/mol. The number of nitriles is 1. The molecule has 0 amide bonds. The number of hydrogen-bond acceptors (Lipinski definition) is 3. The van der Waals surface area contributed by atoms with Gasteiger partial charge in [-0.2, -0.15) is 5.26 Å². The van der Waals surface area contributed by atoms with Gasteiger partial charge in [-0.15, -0.1) is 0 Å². The molecule has 0 aliphatic heterocycles. The second-order valence-corrected chi connectivity index (χ2v) is 5.42. The van der Waals surface area contributed by atoms with E-state index in [0.29, 0.717) is 19.4 Å². The maximum atomic E-state index is 12.4. The average Bonchev–Trinajstić information content (AvgIpc) is 2.53. The van der Waals surface area contributed by atoms with Crippen molar-refractivity contribution in [3.63, 3.8) is 0 Å². The second-order valence-electron chi connectivity index (χ2n) is 5.42. The van der Waals surface area contributed by atoms with Crippen LogP contribution in [0.4, 0.5) is 0 Å². The molecule has 0 spiro atoms. The Bertz CT molecular complexity index is 798. The average molecular weight is 310 g/mol. The Kier molecular flexibility index (Phi) is 5.32. The molecule has 0 atom stereocenters. The zero-order chi connectivity index (χ0) is 16.8. The van der Waals surface area contributed by atoms with Gasteiger partial charge < -0.3 is 9.67 Å². The molecule has 0 saturated carbocycles. The molecule has 118 valence electrons. The predicted octanol–water partition coefficient (Wildman–Crippen LogP) is 2.95. The number of aryl methyl sites for hydroxylation is 1. The highest BCUT2D eigenvalue weighted by Gasteiger charge is 2.10. The van der Waals surface area contributed by atoms with E-state index in [-0.39, 0.29) is 17.5 Å². The molecule has 0 saturated heterocycles. The lowest BCUT2D eigenvalue weighted by molar-refractivity contribution is -0.137. The van der Waals surface area contributed by atoms with Crippen LogP contribution in [0.3, 0.4) is 0 Å². The smallest absolute Gasteiger partial charge is 0.303 e. The van der Waals surface area contributed by atoms with Gasteiger partial charge in [0.1, 0.15) is 11.6 Å². The molecular formula is C18H18N2O3. The summed E-state index contributed by atoms with van der Waals surface area (Å²) >= 11 is 0. The molecule has 0 fully saturated rings. The van der Waals surface area contributed by atoms with Crippen LogP contribution in [0.25, 0.3) is 11.3 Å². The van der Waals surface area contributed by atoms with E-state index in [1.54, 1.807) is 10.6 Å². The van der Waals surface area contributed by atoms with Gasteiger partial charge in [0.2, 0.25) is 0 Å². The van der Waals surface area contributed by atoms with Crippen molar-refractivity contribution in [2.75, 3.05) is 0 Å². The minimum Gasteiger partial charge on any atom is -0.481 e. The summed E-state index contributed by atoms with van der Waals surface area (Å²) in [6, 6.07) is 13.0. The van der Waals surface area contributed by atoms with E-state index in [0.717, 1.165) is 16.8 Å². The lowest BCUT2D eigenvalue weighted by Crippen LogP contribution is -2.24. The van der Waals surface area contributed by atoms with Crippen molar-refractivity contribution in [1.29, 1.82) is 5.26 Å². The van der Waals surface area contributed by atoms with Gasteiger partial charge in [-0.1, -0.05) is 29.8 Å². The maximum absolute atomic E-state index is 12.4. The largest absolute Gasteiger partial charge is 0.481 e. The van der Waals surface area contributed by atoms with Gasteiger partial charge in [0.15, 0.2) is 0 Å². The van der Waals surface area contributed by atoms with E-state index in [1.807, 2.05) is 37.3 Å². The number of rotatable bonds is 6. The SMILES string of the molecule is Cc1ccc(-c2ccc(C#N)c(=O)n2CCCCC(=O)O)cc1. The Balaban J connectivity index is 2.36. The van der Waals surface area contributed by atoms with Crippen LogP contribution >= 0.6 is 0 Å². The third kappa shape index (κ3) is 4.07. The maximum Gasteiger partial charge on any atom is 0.303 e. The molecule has 0 bridgehead atoms. The highest BCUT2D eigenvalue weighted by molar-refractivity contribution is 5.66. The van der Waals surface area contributed by atoms with Crippen LogP contribution in [0.5, 0.6) is 0 Å². The Morgan fingerprint density at radius 1 is 1.17 bits per heavy atom. The van der Waals surface area contributed by atoms with Gasteiger partial charge in [-0.3, -0.25) is 9.59 Å². The quantitative estimate of drug-likeness (QED) is 0.831. The molecule has 2 aromatic rings. The predicted molar refractivity (Wildman–Crippen MR) is 87.1 cm³/mol. The van der Waals surface area contributed by atoms with Crippen LogP contribution < -0.4 is 5.56 Å². The molecule has 0 aliphatic rings. The van der Waals surface area contributed by atoms with Crippen LogP contribution in [0.2, 0.25) is 0 Å². The summed E-state index contributed by atoms with van der Waals surface area (Å²) < 4.78 is 1.56. The normalized spacial score (nSPS) is 10.3. The number of pyridine rings is 1. The van der Waals surface area contributed by atoms with E-state index in [2.05, 4.69) is 0 Å². The summed E-state index contributed by atoms with van der Waals surface area (Å²) in [5, 5.41) is 17.7. The molecule has 1 aromatic heterocycles. The molecule has 23 heavy (non-hydrogen) atoms. The highest BCUT2D eigenvalue weighted by Crippen LogP contribution is 2.19. The first-order valence-corrected chi connectivity index (χ1v) is 7.45. The van der Waals surface area contributed by atoms with Crippen molar-refractivity contribution in [2.45, 2.75) is 32.7 Å². The fourth-order valence-corrected chi connectivity index (χ4v) is 2.41. The molecule has 0 radical (unpaired) electrons. The van der Waals surface area contributed by atoms with Crippen LogP contribution in [0, 0.1) is 18.3 Å². The van der Waals surface area contributed by atoms with E-state index in [4.69, 9.17) is 10.4 Å². The zero-order valence-electron chi connectivity index (χ0n) is 13.0. The summed E-state index contributed by atoms with van der Waals surface area (Å²) in [5.74, 6) is -0.845. The van der Waals surface area contributed by atoms with Crippen LogP contribution in [0.15, 0.2) is 41.2 Å². The number of carboxylic acids is 1. The first-order valence-electron chi connectivity index (χ1n) is 7.45. The molecule has 0 aliphatic carbocycles. The zero-order valence-corrected chi connectivity index (χ0v) is 13.0. The van der Waals surface area contributed by atoms with Crippen molar-refractivity contribution in [1.82, 2.24) is 4.57 Å². The molecule has 0 unspecified atom stereocenters. The monoisotopic (exact) mass is 310 g/mol. The summed E-state index contributed by atoms with van der Waals surface area (Å²) in [4.78, 5) is 23.0. The van der Waals surface area contributed by atoms with E-state index in [1.165, 1.54) is 6.07 Å². The summed E-state index contributed by atoms with van der Waals surface area (Å²) in [6.45, 7) is 2.38. The Hall–Kier alpha value is -2.87. The minimum atomic E-state index is -0.845. The fourth-order valence-electron chi connectivity index (χ4n) is 2.41. The molecule has 2 rings (SSSR count). The molecule has 1 heterocycles. The van der Waals surface area contributed by atoms with Gasteiger partial charge in [0.05, 0.1) is 5.69 Å². The lowest BCUT2D eigenvalue weighted by atomic mass is 10.1. The molecule has 1 N–H and O–H groups in total. The van der Waals surface area contributed by atoms with Gasteiger partial charge in [-0.05, 0) is 37.5 Å². The van der Waals surface area contributed by atoms with Gasteiger partial charge in [0, 0.05) is 13.0 Å². The number of aromatic nitrogens is 1.